The standard InChI is InChI=1S/C35H54N4O3.ClH/c1-25(2)39-33(41)37(19-26-10-9-15-42-23-26)24-35(39)16-29-13-14-30(17-35)38(29)21-28-20-36(32(40)18-34(3,4)5)22-31(28)27-11-7-6-8-12-27;/h6-8,11-12,25-26,28-31H,9-10,13-24H2,1-5H3;1H/t26?,28-,29?,30?,31-,35?;/m1./s1. The summed E-state index contributed by atoms with van der Waals surface area (Å²) in [6, 6.07) is 12.4. The van der Waals surface area contributed by atoms with Gasteiger partial charge in [-0.3, -0.25) is 9.69 Å². The Balaban J connectivity index is 0.00000368. The number of rotatable bonds is 7. The number of carbonyl (C=O) groups excluding carboxylic acids is 2. The molecule has 5 aliphatic heterocycles. The third kappa shape index (κ3) is 6.74. The molecule has 0 saturated carbocycles. The highest BCUT2D eigenvalue weighted by Gasteiger charge is 2.58. The lowest BCUT2D eigenvalue weighted by molar-refractivity contribution is -0.132. The summed E-state index contributed by atoms with van der Waals surface area (Å²) in [4.78, 5) is 36.6. The van der Waals surface area contributed by atoms with Gasteiger partial charge in [-0.15, -0.1) is 12.4 Å². The van der Waals surface area contributed by atoms with Crippen LogP contribution >= 0.6 is 12.4 Å². The van der Waals surface area contributed by atoms with E-state index < -0.39 is 0 Å². The summed E-state index contributed by atoms with van der Waals surface area (Å²) in [7, 11) is 0. The number of benzene rings is 1. The van der Waals surface area contributed by atoms with Crippen molar-refractivity contribution in [2.45, 2.75) is 109 Å². The molecule has 3 amide bonds. The molecule has 0 aromatic heterocycles. The van der Waals surface area contributed by atoms with Crippen LogP contribution in [0, 0.1) is 17.3 Å². The Hall–Kier alpha value is -1.83. The maximum absolute atomic E-state index is 13.8. The quantitative estimate of drug-likeness (QED) is 0.377. The zero-order chi connectivity index (χ0) is 29.6. The van der Waals surface area contributed by atoms with E-state index in [0.29, 0.717) is 42.2 Å². The van der Waals surface area contributed by atoms with Crippen LogP contribution in [0.4, 0.5) is 4.79 Å². The Morgan fingerprint density at radius 3 is 2.33 bits per heavy atom. The van der Waals surface area contributed by atoms with E-state index in [4.69, 9.17) is 4.74 Å². The molecule has 1 aromatic carbocycles. The number of hydrogen-bond acceptors (Lipinski definition) is 4. The molecule has 2 bridgehead atoms. The van der Waals surface area contributed by atoms with Crippen molar-refractivity contribution in [1.29, 1.82) is 0 Å². The summed E-state index contributed by atoms with van der Waals surface area (Å²) < 4.78 is 5.76. The fraction of sp³-hybridized carbons (Fsp3) is 0.771. The molecule has 5 aliphatic rings. The van der Waals surface area contributed by atoms with Gasteiger partial charge in [0.1, 0.15) is 0 Å². The maximum atomic E-state index is 13.8. The molecule has 0 radical (unpaired) electrons. The van der Waals surface area contributed by atoms with Gasteiger partial charge in [0.15, 0.2) is 0 Å². The molecule has 8 heteroatoms. The summed E-state index contributed by atoms with van der Waals surface area (Å²) in [5.74, 6) is 1.57. The van der Waals surface area contributed by atoms with Gasteiger partial charge in [0, 0.05) is 75.7 Å². The van der Waals surface area contributed by atoms with Gasteiger partial charge >= 0.3 is 6.03 Å². The average molecular weight is 615 g/mol. The molecule has 240 valence electrons. The Morgan fingerprint density at radius 2 is 1.72 bits per heavy atom. The zero-order valence-electron chi connectivity index (χ0n) is 27.2. The minimum atomic E-state index is -0.0632. The molecule has 5 heterocycles. The minimum Gasteiger partial charge on any atom is -0.381 e. The van der Waals surface area contributed by atoms with Gasteiger partial charge in [0.25, 0.3) is 0 Å². The lowest BCUT2D eigenvalue weighted by atomic mass is 9.80. The van der Waals surface area contributed by atoms with Crippen LogP contribution in [-0.2, 0) is 9.53 Å². The number of urea groups is 1. The third-order valence-electron chi connectivity index (χ3n) is 10.9. The molecule has 5 atom stereocenters. The van der Waals surface area contributed by atoms with Crippen molar-refractivity contribution in [2.75, 3.05) is 45.9 Å². The second-order valence-electron chi connectivity index (χ2n) is 15.7. The lowest BCUT2D eigenvalue weighted by Crippen LogP contribution is -2.60. The highest BCUT2D eigenvalue weighted by Crippen LogP contribution is 2.49. The van der Waals surface area contributed by atoms with Crippen LogP contribution in [0.25, 0.3) is 0 Å². The molecule has 7 nitrogen and oxygen atoms in total. The van der Waals surface area contributed by atoms with Gasteiger partial charge in [0.2, 0.25) is 5.91 Å². The van der Waals surface area contributed by atoms with Crippen LogP contribution in [-0.4, -0.2) is 101 Å². The average Bonchev–Trinajstić information content (AvgIpc) is 3.55. The molecule has 6 rings (SSSR count). The summed E-state index contributed by atoms with van der Waals surface area (Å²) in [5, 5.41) is 0. The first-order chi connectivity index (χ1) is 20.0. The predicted octanol–water partition coefficient (Wildman–Crippen LogP) is 6.02. The molecule has 5 fully saturated rings. The summed E-state index contributed by atoms with van der Waals surface area (Å²) in [5.41, 5.74) is 1.30. The number of ether oxygens (including phenoxy) is 1. The van der Waals surface area contributed by atoms with Crippen molar-refractivity contribution < 1.29 is 14.3 Å². The van der Waals surface area contributed by atoms with Gasteiger partial charge in [-0.2, -0.15) is 0 Å². The molecule has 3 unspecified atom stereocenters. The Bertz CT molecular complexity index is 1100. The number of likely N-dealkylation sites (tertiary alicyclic amines) is 1. The van der Waals surface area contributed by atoms with Gasteiger partial charge in [-0.25, -0.2) is 4.79 Å². The number of hydrogen-bond donors (Lipinski definition) is 0. The molecule has 0 aliphatic carbocycles. The topological polar surface area (TPSA) is 56.3 Å². The fourth-order valence-electron chi connectivity index (χ4n) is 9.24. The van der Waals surface area contributed by atoms with Gasteiger partial charge < -0.3 is 19.4 Å². The molecule has 43 heavy (non-hydrogen) atoms. The highest BCUT2D eigenvalue weighted by atomic mass is 35.5. The van der Waals surface area contributed by atoms with Gasteiger partial charge in [-0.05, 0) is 69.3 Å². The fourth-order valence-corrected chi connectivity index (χ4v) is 9.24. The normalized spacial score (nSPS) is 33.1. The zero-order valence-corrected chi connectivity index (χ0v) is 28.0. The number of piperidine rings is 1. The predicted molar refractivity (Wildman–Crippen MR) is 174 cm³/mol. The lowest BCUT2D eigenvalue weighted by Gasteiger charge is -2.50. The summed E-state index contributed by atoms with van der Waals surface area (Å²) in [6.07, 6.45) is 7.45. The van der Waals surface area contributed by atoms with E-state index in [-0.39, 0.29) is 35.4 Å². The van der Waals surface area contributed by atoms with Crippen LogP contribution in [0.5, 0.6) is 0 Å². The van der Waals surface area contributed by atoms with Crippen LogP contribution in [0.3, 0.4) is 0 Å². The SMILES string of the molecule is CC(C)N1C(=O)N(CC2CCCOC2)CC12CC1CCC(C2)N1C[C@H]1CN(C(=O)CC(C)(C)C)C[C@@H]1c1ccccc1.Cl. The van der Waals surface area contributed by atoms with E-state index in [1.807, 2.05) is 0 Å². The minimum absolute atomic E-state index is 0. The van der Waals surface area contributed by atoms with Gasteiger partial charge in [0.05, 0.1) is 12.1 Å². The number of fused-ring (bicyclic) bond motifs is 2. The van der Waals surface area contributed by atoms with Crippen molar-refractivity contribution >= 4 is 24.3 Å². The smallest absolute Gasteiger partial charge is 0.320 e. The Kier molecular flexibility index (Phi) is 9.75. The molecule has 1 spiro atoms. The Morgan fingerprint density at radius 1 is 1.02 bits per heavy atom. The largest absolute Gasteiger partial charge is 0.381 e. The molecule has 1 aromatic rings. The molecule has 5 saturated heterocycles. The summed E-state index contributed by atoms with van der Waals surface area (Å²) >= 11 is 0. The second kappa shape index (κ2) is 12.9. The first-order valence-corrected chi connectivity index (χ1v) is 16.8. The molecular weight excluding hydrogens is 560 g/mol. The van der Waals surface area contributed by atoms with Crippen molar-refractivity contribution in [3.8, 4) is 0 Å². The number of amides is 3. The monoisotopic (exact) mass is 614 g/mol. The maximum Gasteiger partial charge on any atom is 0.320 e. The summed E-state index contributed by atoms with van der Waals surface area (Å²) in [6.45, 7) is 17.0. The van der Waals surface area contributed by atoms with E-state index in [1.165, 1.54) is 18.4 Å². The van der Waals surface area contributed by atoms with E-state index in [1.54, 1.807) is 0 Å². The van der Waals surface area contributed by atoms with Crippen molar-refractivity contribution in [1.82, 2.24) is 19.6 Å². The van der Waals surface area contributed by atoms with Crippen LogP contribution in [0.2, 0.25) is 0 Å². The van der Waals surface area contributed by atoms with Crippen molar-refractivity contribution in [3.63, 3.8) is 0 Å². The first kappa shape index (κ1) is 32.6. The molecule has 0 N–H and O–H groups in total. The number of carbonyl (C=O) groups is 2. The van der Waals surface area contributed by atoms with E-state index >= 15 is 0 Å². The second-order valence-corrected chi connectivity index (χ2v) is 15.7. The number of nitrogens with zero attached hydrogens (tertiary/aromatic N) is 4. The van der Waals surface area contributed by atoms with Crippen LogP contribution in [0.1, 0.15) is 91.0 Å². The molecular formula is C35H55ClN4O3. The Labute approximate surface area is 266 Å². The van der Waals surface area contributed by atoms with Crippen LogP contribution < -0.4 is 0 Å². The van der Waals surface area contributed by atoms with Gasteiger partial charge in [-0.1, -0.05) is 51.1 Å². The first-order valence-electron chi connectivity index (χ1n) is 16.8. The highest BCUT2D eigenvalue weighted by molar-refractivity contribution is 5.85. The van der Waals surface area contributed by atoms with E-state index in [0.717, 1.165) is 71.6 Å². The van der Waals surface area contributed by atoms with Crippen molar-refractivity contribution in [3.05, 3.63) is 35.9 Å². The van der Waals surface area contributed by atoms with Crippen molar-refractivity contribution in [2.24, 2.45) is 17.3 Å². The van der Waals surface area contributed by atoms with Crippen LogP contribution in [0.15, 0.2) is 30.3 Å². The van der Waals surface area contributed by atoms with E-state index in [9.17, 15) is 9.59 Å². The van der Waals surface area contributed by atoms with E-state index in [2.05, 4.69) is 84.6 Å². The third-order valence-corrected chi connectivity index (χ3v) is 10.9. The number of halogens is 1.